The first kappa shape index (κ1) is 19.6. The number of nitrogens with zero attached hydrogens (tertiary/aromatic N) is 1. The number of hydrogen-bond donors (Lipinski definition) is 1. The summed E-state index contributed by atoms with van der Waals surface area (Å²) in [5, 5.41) is 1.93. The molecule has 2 heterocycles. The highest BCUT2D eigenvalue weighted by Crippen LogP contribution is 2.23. The minimum absolute atomic E-state index is 0.0374. The van der Waals surface area contributed by atoms with Gasteiger partial charge in [0.15, 0.2) is 0 Å². The summed E-state index contributed by atoms with van der Waals surface area (Å²) in [6.07, 6.45) is 4.75. The lowest BCUT2D eigenvalue weighted by Gasteiger charge is -2.26. The molecular formula is C16H20N2O5S3. The van der Waals surface area contributed by atoms with Gasteiger partial charge in [0.25, 0.3) is 0 Å². The van der Waals surface area contributed by atoms with Gasteiger partial charge in [-0.15, -0.1) is 11.8 Å². The van der Waals surface area contributed by atoms with E-state index in [1.807, 2.05) is 17.6 Å². The Hall–Kier alpha value is -1.17. The van der Waals surface area contributed by atoms with Gasteiger partial charge in [-0.3, -0.25) is 0 Å². The number of morpholine rings is 1. The predicted molar refractivity (Wildman–Crippen MR) is 101 cm³/mol. The minimum atomic E-state index is -3.70. The van der Waals surface area contributed by atoms with Gasteiger partial charge in [0, 0.05) is 24.5 Å². The second-order valence-corrected chi connectivity index (χ2v) is 10.4. The molecule has 26 heavy (non-hydrogen) atoms. The maximum absolute atomic E-state index is 12.6. The smallest absolute Gasteiger partial charge is 0.243 e. The molecule has 0 saturated carbocycles. The number of sulfonamides is 2. The molecule has 2 aliphatic rings. The van der Waals surface area contributed by atoms with Gasteiger partial charge in [0.05, 0.1) is 23.0 Å². The third-order valence-corrected chi connectivity index (χ3v) is 8.25. The maximum Gasteiger partial charge on any atom is 0.243 e. The number of thioether (sulfide) groups is 1. The third kappa shape index (κ3) is 4.56. The van der Waals surface area contributed by atoms with Gasteiger partial charge in [0.1, 0.15) is 0 Å². The van der Waals surface area contributed by atoms with Gasteiger partial charge < -0.3 is 4.74 Å². The van der Waals surface area contributed by atoms with Crippen molar-refractivity contribution in [1.29, 1.82) is 0 Å². The van der Waals surface area contributed by atoms with E-state index >= 15 is 0 Å². The average molecular weight is 417 g/mol. The molecule has 1 N–H and O–H groups in total. The van der Waals surface area contributed by atoms with Gasteiger partial charge >= 0.3 is 0 Å². The molecule has 0 bridgehead atoms. The Labute approximate surface area is 158 Å². The van der Waals surface area contributed by atoms with Crippen LogP contribution in [0.2, 0.25) is 0 Å². The molecule has 1 saturated heterocycles. The first-order valence-corrected chi connectivity index (χ1v) is 11.9. The number of ether oxygens (including phenoxy) is 1. The van der Waals surface area contributed by atoms with Crippen molar-refractivity contribution in [3.05, 3.63) is 46.7 Å². The van der Waals surface area contributed by atoms with Crippen molar-refractivity contribution in [1.82, 2.24) is 9.03 Å². The molecule has 0 atom stereocenters. The van der Waals surface area contributed by atoms with E-state index in [2.05, 4.69) is 4.72 Å². The summed E-state index contributed by atoms with van der Waals surface area (Å²) in [5.41, 5.74) is 0. The molecule has 0 spiro atoms. The number of rotatable bonds is 6. The first-order valence-electron chi connectivity index (χ1n) is 8.08. The van der Waals surface area contributed by atoms with Crippen LogP contribution in [0, 0.1) is 0 Å². The molecule has 7 nitrogen and oxygen atoms in total. The van der Waals surface area contributed by atoms with E-state index in [9.17, 15) is 16.8 Å². The Morgan fingerprint density at radius 2 is 1.69 bits per heavy atom. The summed E-state index contributed by atoms with van der Waals surface area (Å²) in [6.45, 7) is 1.53. The topological polar surface area (TPSA) is 92.8 Å². The summed E-state index contributed by atoms with van der Waals surface area (Å²) < 4.78 is 59.0. The fourth-order valence-electron chi connectivity index (χ4n) is 2.53. The average Bonchev–Trinajstić information content (AvgIpc) is 2.68. The van der Waals surface area contributed by atoms with Gasteiger partial charge in [-0.25, -0.2) is 21.6 Å². The largest absolute Gasteiger partial charge is 0.379 e. The van der Waals surface area contributed by atoms with Gasteiger partial charge in [-0.05, 0) is 36.1 Å². The third-order valence-electron chi connectivity index (χ3n) is 3.98. The van der Waals surface area contributed by atoms with E-state index in [4.69, 9.17) is 4.74 Å². The van der Waals surface area contributed by atoms with Crippen molar-refractivity contribution in [2.24, 2.45) is 0 Å². The molecule has 2 aliphatic heterocycles. The van der Waals surface area contributed by atoms with E-state index in [0.717, 1.165) is 11.3 Å². The highest BCUT2D eigenvalue weighted by molar-refractivity contribution is 8.05. The molecule has 10 heteroatoms. The number of hydrogen-bond acceptors (Lipinski definition) is 6. The Morgan fingerprint density at radius 3 is 2.31 bits per heavy atom. The molecule has 0 aromatic heterocycles. The lowest BCUT2D eigenvalue weighted by Crippen LogP contribution is -2.40. The van der Waals surface area contributed by atoms with Crippen LogP contribution in [0.3, 0.4) is 0 Å². The standard InChI is InChI=1S/C16H20N2O5S3/c19-25(20,17-13-14-3-1-2-12-24-14)15-4-6-16(7-5-15)26(21,22)18-8-10-23-11-9-18/h2-7,12,17H,1,8-11,13H2. The lowest BCUT2D eigenvalue weighted by molar-refractivity contribution is 0.0730. The van der Waals surface area contributed by atoms with Crippen LogP contribution in [0.1, 0.15) is 6.42 Å². The zero-order chi connectivity index (χ0) is 18.6. The van der Waals surface area contributed by atoms with Crippen molar-refractivity contribution in [3.8, 4) is 0 Å². The van der Waals surface area contributed by atoms with Crippen LogP contribution >= 0.6 is 11.8 Å². The monoisotopic (exact) mass is 416 g/mol. The van der Waals surface area contributed by atoms with Crippen LogP contribution < -0.4 is 4.72 Å². The molecule has 0 aliphatic carbocycles. The number of allylic oxidation sites excluding steroid dienone is 2. The van der Waals surface area contributed by atoms with Crippen molar-refractivity contribution in [2.45, 2.75) is 16.2 Å². The number of benzene rings is 1. The highest BCUT2D eigenvalue weighted by Gasteiger charge is 2.26. The Bertz CT molecular complexity index is 900. The fraction of sp³-hybridized carbons (Fsp3) is 0.375. The van der Waals surface area contributed by atoms with Crippen molar-refractivity contribution in [3.63, 3.8) is 0 Å². The van der Waals surface area contributed by atoms with Crippen molar-refractivity contribution in [2.75, 3.05) is 32.8 Å². The molecule has 0 amide bonds. The Morgan fingerprint density at radius 1 is 1.04 bits per heavy atom. The number of nitrogens with one attached hydrogen (secondary N) is 1. The van der Waals surface area contributed by atoms with E-state index < -0.39 is 20.0 Å². The lowest BCUT2D eigenvalue weighted by atomic mass is 10.3. The highest BCUT2D eigenvalue weighted by atomic mass is 32.2. The van der Waals surface area contributed by atoms with Gasteiger partial charge in [-0.1, -0.05) is 12.2 Å². The van der Waals surface area contributed by atoms with Crippen LogP contribution in [-0.2, 0) is 24.8 Å². The second kappa shape index (κ2) is 8.24. The molecule has 142 valence electrons. The summed E-state index contributed by atoms with van der Waals surface area (Å²) >= 11 is 1.48. The quantitative estimate of drug-likeness (QED) is 0.756. The minimum Gasteiger partial charge on any atom is -0.379 e. The molecule has 1 fully saturated rings. The molecule has 0 radical (unpaired) electrons. The van der Waals surface area contributed by atoms with E-state index in [0.29, 0.717) is 26.3 Å². The van der Waals surface area contributed by atoms with Crippen LogP contribution in [0.15, 0.2) is 56.5 Å². The molecule has 1 aromatic carbocycles. The van der Waals surface area contributed by atoms with Crippen LogP contribution in [0.25, 0.3) is 0 Å². The molecule has 3 rings (SSSR count). The van der Waals surface area contributed by atoms with E-state index in [1.165, 1.54) is 40.3 Å². The first-order chi connectivity index (χ1) is 12.4. The van der Waals surface area contributed by atoms with Crippen LogP contribution in [-0.4, -0.2) is 54.0 Å². The van der Waals surface area contributed by atoms with Crippen LogP contribution in [0.4, 0.5) is 0 Å². The predicted octanol–water partition coefficient (Wildman–Crippen LogP) is 1.52. The summed E-state index contributed by atoms with van der Waals surface area (Å²) in [6, 6.07) is 5.30. The van der Waals surface area contributed by atoms with Crippen molar-refractivity contribution >= 4 is 31.8 Å². The maximum atomic E-state index is 12.6. The summed E-state index contributed by atoms with van der Waals surface area (Å²) in [5.74, 6) is 0. The molecule has 0 unspecified atom stereocenters. The zero-order valence-electron chi connectivity index (χ0n) is 14.0. The molecule has 1 aromatic rings. The Kier molecular flexibility index (Phi) is 6.21. The zero-order valence-corrected chi connectivity index (χ0v) is 16.4. The van der Waals surface area contributed by atoms with Gasteiger partial charge in [-0.2, -0.15) is 4.31 Å². The SMILES string of the molecule is O=S(=O)(NCC1=CCC=CS1)c1ccc(S(=O)(=O)N2CCOCC2)cc1. The molecular weight excluding hydrogens is 396 g/mol. The van der Waals surface area contributed by atoms with E-state index in [-0.39, 0.29) is 16.3 Å². The van der Waals surface area contributed by atoms with Gasteiger partial charge in [0.2, 0.25) is 20.0 Å². The fourth-order valence-corrected chi connectivity index (χ4v) is 5.76. The summed E-state index contributed by atoms with van der Waals surface area (Å²) in [7, 11) is -7.34. The summed E-state index contributed by atoms with van der Waals surface area (Å²) in [4.78, 5) is 1.05. The van der Waals surface area contributed by atoms with Crippen molar-refractivity contribution < 1.29 is 21.6 Å². The normalized spacial score (nSPS) is 19.3. The second-order valence-electron chi connectivity index (χ2n) is 5.71. The Balaban J connectivity index is 1.70. The van der Waals surface area contributed by atoms with E-state index in [1.54, 1.807) is 0 Å². The van der Waals surface area contributed by atoms with Crippen LogP contribution in [0.5, 0.6) is 0 Å².